The monoisotopic (exact) mass is 133 g/mol. The molecule has 1 fully saturated rings. The number of hydrogen-bond donors (Lipinski definition) is 0. The normalized spacial score (nSPS) is 31.5. The predicted molar refractivity (Wildman–Crippen MR) is 36.4 cm³/mol. The zero-order valence-electron chi connectivity index (χ0n) is 5.23. The first-order valence-corrected chi connectivity index (χ1v) is 3.64. The molecule has 0 amide bonds. The van der Waals surface area contributed by atoms with Gasteiger partial charge in [0.25, 0.3) is 0 Å². The van der Waals surface area contributed by atoms with E-state index in [1.165, 1.54) is 19.4 Å². The Bertz CT molecular complexity index is 74.9. The van der Waals surface area contributed by atoms with Gasteiger partial charge >= 0.3 is 0 Å². The summed E-state index contributed by atoms with van der Waals surface area (Å²) in [6.07, 6.45) is 2.62. The average Bonchev–Trinajstić information content (AvgIpc) is 2.14. The van der Waals surface area contributed by atoms with Gasteiger partial charge in [0.15, 0.2) is 0 Å². The summed E-state index contributed by atoms with van der Waals surface area (Å²) in [7, 11) is 2.14. The fourth-order valence-electron chi connectivity index (χ4n) is 1.17. The van der Waals surface area contributed by atoms with Crippen molar-refractivity contribution in [1.82, 2.24) is 4.90 Å². The molecule has 1 rings (SSSR count). The molecular formula is C6H12ClN. The van der Waals surface area contributed by atoms with Crippen molar-refractivity contribution in [3.8, 4) is 0 Å². The molecule has 0 bridgehead atoms. The Morgan fingerprint density at radius 3 is 2.75 bits per heavy atom. The summed E-state index contributed by atoms with van der Waals surface area (Å²) in [6, 6.07) is 0.664. The molecule has 1 atom stereocenters. The van der Waals surface area contributed by atoms with Crippen molar-refractivity contribution in [1.29, 1.82) is 0 Å². The highest BCUT2D eigenvalue weighted by Crippen LogP contribution is 2.14. The first kappa shape index (κ1) is 6.37. The Kier molecular flexibility index (Phi) is 2.15. The number of halogens is 1. The highest BCUT2D eigenvalue weighted by molar-refractivity contribution is 6.18. The molecule has 0 aromatic heterocycles. The molecule has 0 unspecified atom stereocenters. The maximum atomic E-state index is 5.66. The first-order chi connectivity index (χ1) is 3.84. The van der Waals surface area contributed by atoms with Crippen molar-refractivity contribution >= 4 is 11.6 Å². The average molecular weight is 134 g/mol. The summed E-state index contributed by atoms with van der Waals surface area (Å²) >= 11 is 5.66. The zero-order chi connectivity index (χ0) is 5.98. The molecule has 1 aliphatic heterocycles. The molecule has 8 heavy (non-hydrogen) atoms. The second kappa shape index (κ2) is 2.70. The van der Waals surface area contributed by atoms with E-state index in [2.05, 4.69) is 11.9 Å². The lowest BCUT2D eigenvalue weighted by molar-refractivity contribution is 0.334. The van der Waals surface area contributed by atoms with Gasteiger partial charge in [-0.1, -0.05) is 0 Å². The summed E-state index contributed by atoms with van der Waals surface area (Å²) in [6.45, 7) is 1.23. The third-order valence-corrected chi connectivity index (χ3v) is 2.21. The molecule has 0 spiro atoms. The van der Waals surface area contributed by atoms with E-state index in [1.54, 1.807) is 0 Å². The molecule has 0 aromatic rings. The van der Waals surface area contributed by atoms with Crippen LogP contribution < -0.4 is 0 Å². The summed E-state index contributed by atoms with van der Waals surface area (Å²) in [5.41, 5.74) is 0. The van der Waals surface area contributed by atoms with Gasteiger partial charge in [-0.05, 0) is 26.4 Å². The Balaban J connectivity index is 2.30. The molecule has 0 aliphatic carbocycles. The smallest absolute Gasteiger partial charge is 0.0379 e. The number of nitrogens with zero attached hydrogens (tertiary/aromatic N) is 1. The van der Waals surface area contributed by atoms with Crippen LogP contribution in [-0.2, 0) is 0 Å². The SMILES string of the molecule is CN1CCC[C@@H]1CCl. The van der Waals surface area contributed by atoms with Gasteiger partial charge < -0.3 is 4.90 Å². The van der Waals surface area contributed by atoms with Gasteiger partial charge in [-0.25, -0.2) is 0 Å². The van der Waals surface area contributed by atoms with Gasteiger partial charge in [-0.3, -0.25) is 0 Å². The van der Waals surface area contributed by atoms with E-state index in [9.17, 15) is 0 Å². The molecule has 0 saturated carbocycles. The Labute approximate surface area is 55.6 Å². The largest absolute Gasteiger partial charge is 0.302 e. The van der Waals surface area contributed by atoms with Gasteiger partial charge in [0.05, 0.1) is 0 Å². The van der Waals surface area contributed by atoms with Crippen molar-refractivity contribution in [2.24, 2.45) is 0 Å². The molecule has 48 valence electrons. The third kappa shape index (κ3) is 1.15. The highest BCUT2D eigenvalue weighted by atomic mass is 35.5. The quantitative estimate of drug-likeness (QED) is 0.488. The molecule has 1 aliphatic rings. The summed E-state index contributed by atoms with van der Waals surface area (Å²) in [4.78, 5) is 2.33. The lowest BCUT2D eigenvalue weighted by Gasteiger charge is -2.14. The molecule has 1 saturated heterocycles. The van der Waals surface area contributed by atoms with E-state index in [0.29, 0.717) is 6.04 Å². The van der Waals surface area contributed by atoms with Gasteiger partial charge in [-0.2, -0.15) is 0 Å². The van der Waals surface area contributed by atoms with Crippen LogP contribution in [0.4, 0.5) is 0 Å². The van der Waals surface area contributed by atoms with Gasteiger partial charge in [0, 0.05) is 11.9 Å². The van der Waals surface area contributed by atoms with E-state index in [1.807, 2.05) is 0 Å². The second-order valence-electron chi connectivity index (χ2n) is 2.43. The first-order valence-electron chi connectivity index (χ1n) is 3.11. The Morgan fingerprint density at radius 2 is 2.50 bits per heavy atom. The molecule has 2 heteroatoms. The second-order valence-corrected chi connectivity index (χ2v) is 2.74. The number of rotatable bonds is 1. The topological polar surface area (TPSA) is 3.24 Å². The van der Waals surface area contributed by atoms with Crippen LogP contribution in [0.25, 0.3) is 0 Å². The molecule has 0 aromatic carbocycles. The fourth-order valence-corrected chi connectivity index (χ4v) is 1.56. The van der Waals surface area contributed by atoms with E-state index < -0.39 is 0 Å². The Hall–Kier alpha value is 0.250. The molecular weight excluding hydrogens is 122 g/mol. The van der Waals surface area contributed by atoms with Crippen LogP contribution in [0.5, 0.6) is 0 Å². The van der Waals surface area contributed by atoms with Crippen molar-refractivity contribution in [2.75, 3.05) is 19.5 Å². The standard InChI is InChI=1S/C6H12ClN/c1-8-4-2-3-6(8)5-7/h6H,2-5H2,1H3/t6-/m1/s1. The summed E-state index contributed by atoms with van der Waals surface area (Å²) in [5, 5.41) is 0. The number of likely N-dealkylation sites (tertiary alicyclic amines) is 1. The number of alkyl halides is 1. The van der Waals surface area contributed by atoms with Crippen LogP contribution in [0.1, 0.15) is 12.8 Å². The molecule has 1 nitrogen and oxygen atoms in total. The maximum Gasteiger partial charge on any atom is 0.0379 e. The van der Waals surface area contributed by atoms with Crippen LogP contribution in [0.3, 0.4) is 0 Å². The summed E-state index contributed by atoms with van der Waals surface area (Å²) < 4.78 is 0. The van der Waals surface area contributed by atoms with Crippen LogP contribution in [-0.4, -0.2) is 30.4 Å². The minimum atomic E-state index is 0.664. The van der Waals surface area contributed by atoms with Gasteiger partial charge in [0.1, 0.15) is 0 Å². The van der Waals surface area contributed by atoms with E-state index in [0.717, 1.165) is 5.88 Å². The Morgan fingerprint density at radius 1 is 1.75 bits per heavy atom. The van der Waals surface area contributed by atoms with Crippen molar-refractivity contribution < 1.29 is 0 Å². The van der Waals surface area contributed by atoms with E-state index in [4.69, 9.17) is 11.6 Å². The van der Waals surface area contributed by atoms with E-state index in [-0.39, 0.29) is 0 Å². The highest BCUT2D eigenvalue weighted by Gasteiger charge is 2.18. The lowest BCUT2D eigenvalue weighted by Crippen LogP contribution is -2.25. The van der Waals surface area contributed by atoms with Crippen molar-refractivity contribution in [3.05, 3.63) is 0 Å². The predicted octanol–water partition coefficient (Wildman–Crippen LogP) is 1.32. The third-order valence-electron chi connectivity index (χ3n) is 1.85. The van der Waals surface area contributed by atoms with Crippen LogP contribution in [0.2, 0.25) is 0 Å². The fraction of sp³-hybridized carbons (Fsp3) is 1.00. The van der Waals surface area contributed by atoms with Crippen LogP contribution in [0, 0.1) is 0 Å². The molecule has 1 heterocycles. The number of hydrogen-bond acceptors (Lipinski definition) is 1. The lowest BCUT2D eigenvalue weighted by atomic mass is 10.2. The van der Waals surface area contributed by atoms with Gasteiger partial charge in [-0.15, -0.1) is 11.6 Å². The van der Waals surface area contributed by atoms with Crippen LogP contribution >= 0.6 is 11.6 Å². The van der Waals surface area contributed by atoms with Crippen LogP contribution in [0.15, 0.2) is 0 Å². The minimum Gasteiger partial charge on any atom is -0.302 e. The zero-order valence-corrected chi connectivity index (χ0v) is 5.99. The minimum absolute atomic E-state index is 0.664. The van der Waals surface area contributed by atoms with Crippen molar-refractivity contribution in [2.45, 2.75) is 18.9 Å². The maximum absolute atomic E-state index is 5.66. The molecule has 0 N–H and O–H groups in total. The van der Waals surface area contributed by atoms with Crippen molar-refractivity contribution in [3.63, 3.8) is 0 Å². The van der Waals surface area contributed by atoms with E-state index >= 15 is 0 Å². The molecule has 0 radical (unpaired) electrons. The summed E-state index contributed by atoms with van der Waals surface area (Å²) in [5.74, 6) is 0.802. The van der Waals surface area contributed by atoms with Gasteiger partial charge in [0.2, 0.25) is 0 Å².